The van der Waals surface area contributed by atoms with Crippen LogP contribution in [0.4, 0.5) is 23.4 Å². The van der Waals surface area contributed by atoms with Gasteiger partial charge in [-0.3, -0.25) is 4.90 Å². The SMILES string of the molecule is Nc1ncc(-c2ccc([CH]N3CCCC3)cc2)cc1OCc1cc(F)ccc1C(F)(F)F. The van der Waals surface area contributed by atoms with E-state index in [-0.39, 0.29) is 17.1 Å². The molecule has 1 saturated heterocycles. The minimum absolute atomic E-state index is 0.0395. The number of anilines is 1. The summed E-state index contributed by atoms with van der Waals surface area (Å²) >= 11 is 0. The van der Waals surface area contributed by atoms with E-state index in [9.17, 15) is 17.6 Å². The summed E-state index contributed by atoms with van der Waals surface area (Å²) in [5.74, 6) is -0.604. The molecular weight excluding hydrogens is 422 g/mol. The van der Waals surface area contributed by atoms with Crippen LogP contribution < -0.4 is 10.5 Å². The van der Waals surface area contributed by atoms with Gasteiger partial charge in [0.2, 0.25) is 0 Å². The van der Waals surface area contributed by atoms with E-state index in [2.05, 4.69) is 16.4 Å². The fourth-order valence-corrected chi connectivity index (χ4v) is 3.69. The van der Waals surface area contributed by atoms with Gasteiger partial charge < -0.3 is 10.5 Å². The number of nitrogens with zero attached hydrogens (tertiary/aromatic N) is 2. The van der Waals surface area contributed by atoms with Crippen LogP contribution >= 0.6 is 0 Å². The van der Waals surface area contributed by atoms with Crippen LogP contribution in [-0.4, -0.2) is 23.0 Å². The van der Waals surface area contributed by atoms with Gasteiger partial charge in [-0.1, -0.05) is 24.3 Å². The quantitative estimate of drug-likeness (QED) is 0.498. The van der Waals surface area contributed by atoms with Gasteiger partial charge in [0.15, 0.2) is 11.6 Å². The lowest BCUT2D eigenvalue weighted by Crippen LogP contribution is -2.15. The third-order valence-electron chi connectivity index (χ3n) is 5.35. The number of nitrogens with two attached hydrogens (primary N) is 1. The Balaban J connectivity index is 1.50. The Hall–Kier alpha value is -3.13. The minimum atomic E-state index is -4.62. The third-order valence-corrected chi connectivity index (χ3v) is 5.35. The molecule has 0 atom stereocenters. The van der Waals surface area contributed by atoms with Crippen molar-refractivity contribution in [2.45, 2.75) is 25.6 Å². The summed E-state index contributed by atoms with van der Waals surface area (Å²) in [6, 6.07) is 11.8. The van der Waals surface area contributed by atoms with Crippen molar-refractivity contribution < 1.29 is 22.3 Å². The number of nitrogen functional groups attached to an aromatic ring is 1. The lowest BCUT2D eigenvalue weighted by atomic mass is 10.0. The zero-order valence-electron chi connectivity index (χ0n) is 17.2. The zero-order valence-corrected chi connectivity index (χ0v) is 17.2. The van der Waals surface area contributed by atoms with E-state index in [1.165, 1.54) is 12.8 Å². The van der Waals surface area contributed by atoms with Crippen LogP contribution in [0.15, 0.2) is 54.7 Å². The number of benzene rings is 2. The van der Waals surface area contributed by atoms with Gasteiger partial charge in [-0.05, 0) is 61.3 Å². The number of alkyl halides is 3. The predicted molar refractivity (Wildman–Crippen MR) is 114 cm³/mol. The van der Waals surface area contributed by atoms with E-state index in [1.807, 2.05) is 24.3 Å². The minimum Gasteiger partial charge on any atom is -0.485 e. The van der Waals surface area contributed by atoms with Gasteiger partial charge in [0, 0.05) is 17.3 Å². The molecule has 0 unspecified atom stereocenters. The molecule has 32 heavy (non-hydrogen) atoms. The molecule has 8 heteroatoms. The molecule has 1 aliphatic rings. The molecule has 167 valence electrons. The molecule has 4 rings (SSSR count). The number of rotatable bonds is 6. The third kappa shape index (κ3) is 5.19. The standard InChI is InChI=1S/C24H22F4N3O/c25-20-7-8-21(24(26,27)28)19(11-20)15-32-22-12-18(13-30-23(22)29)17-5-3-16(4-6-17)14-31-9-1-2-10-31/h3-8,11-14H,1-2,9-10,15H2,(H2,29,30). The average Bonchev–Trinajstić information content (AvgIpc) is 3.26. The second kappa shape index (κ2) is 9.16. The zero-order chi connectivity index (χ0) is 22.7. The van der Waals surface area contributed by atoms with Crippen molar-refractivity contribution in [2.75, 3.05) is 18.8 Å². The topological polar surface area (TPSA) is 51.4 Å². The summed E-state index contributed by atoms with van der Waals surface area (Å²) in [4.78, 5) is 6.39. The monoisotopic (exact) mass is 444 g/mol. The van der Waals surface area contributed by atoms with Crippen LogP contribution in [-0.2, 0) is 12.8 Å². The van der Waals surface area contributed by atoms with Gasteiger partial charge in [-0.15, -0.1) is 0 Å². The highest BCUT2D eigenvalue weighted by Crippen LogP contribution is 2.34. The Morgan fingerprint density at radius 2 is 1.72 bits per heavy atom. The summed E-state index contributed by atoms with van der Waals surface area (Å²) in [5.41, 5.74) is 7.24. The Kier molecular flexibility index (Phi) is 6.32. The van der Waals surface area contributed by atoms with E-state index < -0.39 is 24.2 Å². The summed E-state index contributed by atoms with van der Waals surface area (Å²) in [5, 5.41) is 0. The van der Waals surface area contributed by atoms with Gasteiger partial charge in [0.1, 0.15) is 12.4 Å². The molecule has 0 amide bonds. The van der Waals surface area contributed by atoms with Gasteiger partial charge in [-0.2, -0.15) is 13.2 Å². The van der Waals surface area contributed by atoms with Gasteiger partial charge in [-0.25, -0.2) is 9.37 Å². The van der Waals surface area contributed by atoms with Crippen molar-refractivity contribution in [3.8, 4) is 16.9 Å². The van der Waals surface area contributed by atoms with E-state index in [0.29, 0.717) is 11.6 Å². The van der Waals surface area contributed by atoms with Crippen LogP contribution in [0.3, 0.4) is 0 Å². The molecule has 2 heterocycles. The number of hydrogen-bond acceptors (Lipinski definition) is 4. The lowest BCUT2D eigenvalue weighted by molar-refractivity contribution is -0.138. The Morgan fingerprint density at radius 3 is 2.41 bits per heavy atom. The number of pyridine rings is 1. The van der Waals surface area contributed by atoms with Crippen LogP contribution in [0.2, 0.25) is 0 Å². The highest BCUT2D eigenvalue weighted by molar-refractivity contribution is 5.67. The molecule has 1 fully saturated rings. The van der Waals surface area contributed by atoms with E-state index in [1.54, 1.807) is 12.3 Å². The molecule has 2 N–H and O–H groups in total. The molecule has 0 saturated carbocycles. The smallest absolute Gasteiger partial charge is 0.416 e. The van der Waals surface area contributed by atoms with Gasteiger partial charge >= 0.3 is 6.18 Å². The first-order valence-electron chi connectivity index (χ1n) is 10.2. The molecule has 4 nitrogen and oxygen atoms in total. The second-order valence-corrected chi connectivity index (χ2v) is 7.69. The molecule has 1 aliphatic heterocycles. The number of aromatic nitrogens is 1. The van der Waals surface area contributed by atoms with Crippen molar-refractivity contribution in [3.63, 3.8) is 0 Å². The average molecular weight is 444 g/mol. The van der Waals surface area contributed by atoms with E-state index in [0.717, 1.165) is 36.3 Å². The Bertz CT molecular complexity index is 1080. The summed E-state index contributed by atoms with van der Waals surface area (Å²) in [7, 11) is 0. The van der Waals surface area contributed by atoms with E-state index >= 15 is 0 Å². The molecule has 3 aromatic rings. The molecule has 0 bridgehead atoms. The Labute approximate surface area is 183 Å². The first kappa shape index (κ1) is 22.1. The number of ether oxygens (including phenoxy) is 1. The van der Waals surface area contributed by atoms with Crippen molar-refractivity contribution in [2.24, 2.45) is 0 Å². The van der Waals surface area contributed by atoms with Gasteiger partial charge in [0.05, 0.1) is 12.1 Å². The highest BCUT2D eigenvalue weighted by Gasteiger charge is 2.33. The lowest BCUT2D eigenvalue weighted by Gasteiger charge is -2.15. The first-order chi connectivity index (χ1) is 15.3. The normalized spacial score (nSPS) is 14.6. The maximum Gasteiger partial charge on any atom is 0.416 e. The summed E-state index contributed by atoms with van der Waals surface area (Å²) in [6.07, 6.45) is -0.639. The molecule has 2 aromatic carbocycles. The number of halogens is 4. The summed E-state index contributed by atoms with van der Waals surface area (Å²) in [6.45, 7) is 3.76. The largest absolute Gasteiger partial charge is 0.485 e. The first-order valence-corrected chi connectivity index (χ1v) is 10.2. The van der Waals surface area contributed by atoms with Crippen molar-refractivity contribution in [1.82, 2.24) is 9.88 Å². The molecule has 0 aliphatic carbocycles. The molecule has 1 radical (unpaired) electrons. The van der Waals surface area contributed by atoms with Crippen molar-refractivity contribution >= 4 is 5.82 Å². The van der Waals surface area contributed by atoms with E-state index in [4.69, 9.17) is 10.5 Å². The molecule has 0 spiro atoms. The Morgan fingerprint density at radius 1 is 1.00 bits per heavy atom. The maximum absolute atomic E-state index is 13.5. The van der Waals surface area contributed by atoms with Crippen LogP contribution in [0.25, 0.3) is 11.1 Å². The maximum atomic E-state index is 13.5. The van der Waals surface area contributed by atoms with Crippen molar-refractivity contribution in [3.05, 3.63) is 83.8 Å². The van der Waals surface area contributed by atoms with Crippen molar-refractivity contribution in [1.29, 1.82) is 0 Å². The number of hydrogen-bond donors (Lipinski definition) is 1. The fourth-order valence-electron chi connectivity index (χ4n) is 3.69. The summed E-state index contributed by atoms with van der Waals surface area (Å²) < 4.78 is 58.7. The highest BCUT2D eigenvalue weighted by atomic mass is 19.4. The fraction of sp³-hybridized carbons (Fsp3) is 0.250. The molecular formula is C24H22F4N3O. The molecule has 1 aromatic heterocycles. The second-order valence-electron chi connectivity index (χ2n) is 7.69. The van der Waals surface area contributed by atoms with Crippen LogP contribution in [0.1, 0.15) is 29.5 Å². The van der Waals surface area contributed by atoms with Crippen LogP contribution in [0, 0.1) is 12.4 Å². The number of likely N-dealkylation sites (tertiary alicyclic amines) is 1. The van der Waals surface area contributed by atoms with Gasteiger partial charge in [0.25, 0.3) is 0 Å². The van der Waals surface area contributed by atoms with Crippen LogP contribution in [0.5, 0.6) is 5.75 Å². The predicted octanol–water partition coefficient (Wildman–Crippen LogP) is 5.67.